The number of carbonyl (C=O) groups excluding carboxylic acids is 3. The molecule has 0 bridgehead atoms. The minimum absolute atomic E-state index is 0.0259. The molecule has 0 fully saturated rings. The van der Waals surface area contributed by atoms with Crippen molar-refractivity contribution in [3.05, 3.63) is 158 Å². The van der Waals surface area contributed by atoms with E-state index in [1.807, 2.05) is 12.2 Å². The highest BCUT2D eigenvalue weighted by atomic mass is 31.2. The first-order valence-corrected chi connectivity index (χ1v) is 30.9. The monoisotopic (exact) mass is 1100 g/mol. The Balaban J connectivity index is 4.92. The van der Waals surface area contributed by atoms with E-state index >= 15 is 0 Å². The molecule has 0 spiro atoms. The van der Waals surface area contributed by atoms with Crippen molar-refractivity contribution in [2.24, 2.45) is 0 Å². The Morgan fingerprint density at radius 3 is 1.04 bits per heavy atom. The topological polar surface area (TPSA) is 155 Å². The van der Waals surface area contributed by atoms with Gasteiger partial charge < -0.3 is 24.2 Å². The first-order valence-electron chi connectivity index (χ1n) is 29.4. The van der Waals surface area contributed by atoms with Crippen LogP contribution in [-0.4, -0.2) is 66.5 Å². The van der Waals surface area contributed by atoms with E-state index in [0.717, 1.165) is 135 Å². The number of aliphatic hydroxyl groups is 1. The zero-order chi connectivity index (χ0) is 56.9. The van der Waals surface area contributed by atoms with Gasteiger partial charge in [0.2, 0.25) is 0 Å². The summed E-state index contributed by atoms with van der Waals surface area (Å²) in [4.78, 5) is 48.6. The van der Waals surface area contributed by atoms with Crippen LogP contribution in [-0.2, 0) is 42.2 Å². The number of allylic oxidation sites excluding steroid dienone is 26. The molecule has 3 atom stereocenters. The molecule has 12 heteroatoms. The van der Waals surface area contributed by atoms with Crippen LogP contribution in [0.5, 0.6) is 0 Å². The molecule has 0 aliphatic rings. The van der Waals surface area contributed by atoms with Crippen molar-refractivity contribution >= 4 is 25.7 Å². The average molecular weight is 1100 g/mol. The van der Waals surface area contributed by atoms with Crippen molar-refractivity contribution in [2.75, 3.05) is 26.4 Å². The number of ether oxygens (including phenoxy) is 3. The van der Waals surface area contributed by atoms with E-state index in [9.17, 15) is 28.9 Å². The molecule has 0 radical (unpaired) electrons. The maximum Gasteiger partial charge on any atom is 0.472 e. The Kier molecular flexibility index (Phi) is 54.6. The van der Waals surface area contributed by atoms with E-state index in [1.165, 1.54) is 0 Å². The molecular weight excluding hydrogens is 1000 g/mol. The van der Waals surface area contributed by atoms with E-state index in [1.54, 1.807) is 0 Å². The van der Waals surface area contributed by atoms with Crippen LogP contribution in [0.1, 0.15) is 201 Å². The van der Waals surface area contributed by atoms with Gasteiger partial charge in [-0.05, 0) is 128 Å². The van der Waals surface area contributed by atoms with Crippen molar-refractivity contribution in [3.63, 3.8) is 0 Å². The molecule has 11 nitrogen and oxygen atoms in total. The van der Waals surface area contributed by atoms with Crippen LogP contribution in [0.15, 0.2) is 158 Å². The number of carbonyl (C=O) groups is 3. The minimum atomic E-state index is -4.79. The van der Waals surface area contributed by atoms with Crippen LogP contribution in [0.4, 0.5) is 0 Å². The molecule has 0 aromatic heterocycles. The van der Waals surface area contributed by atoms with Gasteiger partial charge in [-0.3, -0.25) is 23.4 Å². The van der Waals surface area contributed by atoms with Crippen LogP contribution in [0.2, 0.25) is 0 Å². The molecule has 3 unspecified atom stereocenters. The van der Waals surface area contributed by atoms with E-state index in [2.05, 4.69) is 167 Å². The minimum Gasteiger partial charge on any atom is -0.462 e. The second kappa shape index (κ2) is 58.3. The molecule has 0 aliphatic carbocycles. The highest BCUT2D eigenvalue weighted by Gasteiger charge is 2.28. The zero-order valence-electron chi connectivity index (χ0n) is 48.3. The van der Waals surface area contributed by atoms with Gasteiger partial charge in [0.15, 0.2) is 6.10 Å². The third kappa shape index (κ3) is 55.8. The van der Waals surface area contributed by atoms with Crippen molar-refractivity contribution in [1.29, 1.82) is 0 Å². The number of esters is 3. The Morgan fingerprint density at radius 1 is 0.359 bits per heavy atom. The standard InChI is InChI=1S/C66H103O11P/c1-4-7-10-13-16-19-22-25-28-30-31-33-36-39-42-45-48-51-54-57-66(70)77-63(59-73-64(68)55-52-49-46-43-40-37-35-32-29-26-23-20-17-14-11-8-5-2)61-75-78(71,72)74-60-62(58-67)76-65(69)56-53-50-47-44-41-38-34-27-24-21-18-15-12-9-6-3/h7-12,16-21,25-29,31,33-35,37,39,42,48,51,62-63,67H,4-6,13-15,22-24,30,32,36,38,40-41,43-47,49-50,52-61H2,1-3H3,(H,71,72)/b10-7-,11-8-,12-9-,19-16-,20-17-,21-18-,28-25-,29-26-,33-31-,34-27-,37-35-,42-39-,51-48-. The average Bonchev–Trinajstić information content (AvgIpc) is 3.43. The largest absolute Gasteiger partial charge is 0.472 e. The summed E-state index contributed by atoms with van der Waals surface area (Å²) >= 11 is 0. The normalized spacial score (nSPS) is 14.5. The van der Waals surface area contributed by atoms with Crippen molar-refractivity contribution in [2.45, 2.75) is 213 Å². The van der Waals surface area contributed by atoms with Gasteiger partial charge in [0.05, 0.1) is 19.8 Å². The summed E-state index contributed by atoms with van der Waals surface area (Å²) in [6, 6.07) is 0. The number of rotatable bonds is 52. The van der Waals surface area contributed by atoms with E-state index in [0.29, 0.717) is 25.7 Å². The molecule has 78 heavy (non-hydrogen) atoms. The summed E-state index contributed by atoms with van der Waals surface area (Å²) in [6.07, 6.45) is 76.4. The number of hydrogen-bond acceptors (Lipinski definition) is 10. The summed E-state index contributed by atoms with van der Waals surface area (Å²) in [5.74, 6) is -1.63. The van der Waals surface area contributed by atoms with E-state index in [-0.39, 0.29) is 25.9 Å². The number of hydrogen-bond donors (Lipinski definition) is 2. The number of unbranched alkanes of at least 4 members (excludes halogenated alkanes) is 9. The molecule has 0 saturated carbocycles. The third-order valence-electron chi connectivity index (χ3n) is 11.4. The quantitative estimate of drug-likeness (QED) is 0.0197. The van der Waals surface area contributed by atoms with Gasteiger partial charge >= 0.3 is 25.7 Å². The lowest BCUT2D eigenvalue weighted by Crippen LogP contribution is -2.30. The maximum absolute atomic E-state index is 12.9. The first kappa shape index (κ1) is 73.1. The van der Waals surface area contributed by atoms with Crippen LogP contribution in [0, 0.1) is 0 Å². The molecule has 438 valence electrons. The molecular formula is C66H103O11P. The summed E-state index contributed by atoms with van der Waals surface area (Å²) in [5.41, 5.74) is 0. The van der Waals surface area contributed by atoms with Crippen LogP contribution in [0.3, 0.4) is 0 Å². The molecule has 0 heterocycles. The van der Waals surface area contributed by atoms with Crippen LogP contribution in [0.25, 0.3) is 0 Å². The molecule has 0 amide bonds. The SMILES string of the molecule is CC/C=C\C/C=C\C/C=C\C/C=C\C/C=C\C/C=C\CCC(=O)OC(COC(=O)CCCCCC/C=C\C/C=C\C/C=C\C/C=C\CC)COP(=O)(O)OCC(CO)OC(=O)CCCCCCC/C=C\C/C=C\C/C=C\CC. The third-order valence-corrected chi connectivity index (χ3v) is 12.4. The number of phosphoric acid groups is 1. The van der Waals surface area contributed by atoms with Gasteiger partial charge in [0.1, 0.15) is 12.7 Å². The molecule has 2 N–H and O–H groups in total. The lowest BCUT2D eigenvalue weighted by atomic mass is 10.1. The predicted molar refractivity (Wildman–Crippen MR) is 325 cm³/mol. The van der Waals surface area contributed by atoms with Gasteiger partial charge in [-0.2, -0.15) is 0 Å². The lowest BCUT2D eigenvalue weighted by molar-refractivity contribution is -0.161. The second-order valence-corrected chi connectivity index (χ2v) is 20.1. The Labute approximate surface area is 473 Å². The van der Waals surface area contributed by atoms with Gasteiger partial charge in [0, 0.05) is 19.3 Å². The van der Waals surface area contributed by atoms with Crippen molar-refractivity contribution in [1.82, 2.24) is 0 Å². The Bertz CT molecular complexity index is 1910. The zero-order valence-corrected chi connectivity index (χ0v) is 49.2. The Morgan fingerprint density at radius 2 is 0.654 bits per heavy atom. The molecule has 0 saturated heterocycles. The lowest BCUT2D eigenvalue weighted by Gasteiger charge is -2.21. The highest BCUT2D eigenvalue weighted by molar-refractivity contribution is 7.47. The number of phosphoric ester groups is 1. The summed E-state index contributed by atoms with van der Waals surface area (Å²) in [5, 5.41) is 9.82. The molecule has 0 aromatic rings. The Hall–Kier alpha value is -4.90. The summed E-state index contributed by atoms with van der Waals surface area (Å²) in [6.45, 7) is 4.15. The van der Waals surface area contributed by atoms with Crippen molar-refractivity contribution < 1.29 is 52.2 Å². The van der Waals surface area contributed by atoms with E-state index < -0.39 is 57.8 Å². The fourth-order valence-electron chi connectivity index (χ4n) is 7.09. The van der Waals surface area contributed by atoms with Gasteiger partial charge in [-0.25, -0.2) is 4.57 Å². The van der Waals surface area contributed by atoms with Crippen LogP contribution >= 0.6 is 7.82 Å². The number of aliphatic hydroxyl groups excluding tert-OH is 1. The first-order chi connectivity index (χ1) is 38.2. The smallest absolute Gasteiger partial charge is 0.462 e. The van der Waals surface area contributed by atoms with E-state index in [4.69, 9.17) is 23.3 Å². The second-order valence-electron chi connectivity index (χ2n) is 18.7. The summed E-state index contributed by atoms with van der Waals surface area (Å²) < 4.78 is 39.4. The molecule has 0 rings (SSSR count). The molecule has 0 aliphatic heterocycles. The maximum atomic E-state index is 12.9. The van der Waals surface area contributed by atoms with Crippen LogP contribution < -0.4 is 0 Å². The van der Waals surface area contributed by atoms with Crippen molar-refractivity contribution in [3.8, 4) is 0 Å². The van der Waals surface area contributed by atoms with Gasteiger partial charge in [-0.15, -0.1) is 0 Å². The fourth-order valence-corrected chi connectivity index (χ4v) is 7.88. The van der Waals surface area contributed by atoms with Gasteiger partial charge in [-0.1, -0.05) is 211 Å². The predicted octanol–water partition coefficient (Wildman–Crippen LogP) is 17.7. The molecule has 0 aromatic carbocycles. The summed E-state index contributed by atoms with van der Waals surface area (Å²) in [7, 11) is -4.79. The van der Waals surface area contributed by atoms with Gasteiger partial charge in [0.25, 0.3) is 0 Å². The highest BCUT2D eigenvalue weighted by Crippen LogP contribution is 2.43. The fraction of sp³-hybridized carbons (Fsp3) is 0.561.